The molecule has 0 atom stereocenters. The lowest BCUT2D eigenvalue weighted by atomic mass is 10.1. The molecule has 0 spiro atoms. The number of hydrogen-bond donors (Lipinski definition) is 2. The number of carbonyl (C=O) groups excluding carboxylic acids is 1. The summed E-state index contributed by atoms with van der Waals surface area (Å²) in [6.07, 6.45) is 0. The summed E-state index contributed by atoms with van der Waals surface area (Å²) in [6.45, 7) is 3.50. The second-order valence-corrected chi connectivity index (χ2v) is 4.21. The SMILES string of the molecule is CC(=O)Nc1ccc2c(c1)c(N)cc(C)[n+]2C.[Cl-]. The van der Waals surface area contributed by atoms with Crippen molar-refractivity contribution in [1.29, 1.82) is 0 Å². The van der Waals surface area contributed by atoms with Crippen molar-refractivity contribution in [1.82, 2.24) is 0 Å². The minimum Gasteiger partial charge on any atom is -1.00 e. The third-order valence-electron chi connectivity index (χ3n) is 2.88. The number of nitrogen functional groups attached to an aromatic ring is 1. The maximum atomic E-state index is 11.0. The van der Waals surface area contributed by atoms with Gasteiger partial charge in [0.25, 0.3) is 0 Å². The highest BCUT2D eigenvalue weighted by atomic mass is 35.5. The van der Waals surface area contributed by atoms with Crippen LogP contribution in [-0.4, -0.2) is 5.91 Å². The molecule has 0 aliphatic carbocycles. The number of rotatable bonds is 1. The monoisotopic (exact) mass is 265 g/mol. The van der Waals surface area contributed by atoms with Gasteiger partial charge in [0.05, 0.1) is 11.1 Å². The number of aromatic nitrogens is 1. The Labute approximate surface area is 112 Å². The van der Waals surface area contributed by atoms with E-state index >= 15 is 0 Å². The van der Waals surface area contributed by atoms with E-state index in [4.69, 9.17) is 5.73 Å². The van der Waals surface area contributed by atoms with Crippen LogP contribution in [0.2, 0.25) is 0 Å². The number of anilines is 2. The topological polar surface area (TPSA) is 59.0 Å². The minimum atomic E-state index is -0.0839. The van der Waals surface area contributed by atoms with Crippen molar-refractivity contribution in [3.63, 3.8) is 0 Å². The predicted molar refractivity (Wildman–Crippen MR) is 68.6 cm³/mol. The van der Waals surface area contributed by atoms with Gasteiger partial charge in [0, 0.05) is 31.7 Å². The summed E-state index contributed by atoms with van der Waals surface area (Å²) in [4.78, 5) is 11.0. The molecule has 0 aliphatic heterocycles. The number of carbonyl (C=O) groups is 1. The van der Waals surface area contributed by atoms with E-state index in [-0.39, 0.29) is 18.3 Å². The molecule has 2 rings (SSSR count). The number of halogens is 1. The molecule has 4 nitrogen and oxygen atoms in total. The molecule has 1 aromatic carbocycles. The predicted octanol–water partition coefficient (Wildman–Crippen LogP) is -1.48. The van der Waals surface area contributed by atoms with E-state index in [1.807, 2.05) is 38.2 Å². The molecule has 1 heterocycles. The van der Waals surface area contributed by atoms with Gasteiger partial charge in [-0.2, -0.15) is 4.57 Å². The molecule has 96 valence electrons. The Bertz CT molecular complexity index is 611. The lowest BCUT2D eigenvalue weighted by Crippen LogP contribution is -3.00. The van der Waals surface area contributed by atoms with Gasteiger partial charge in [-0.3, -0.25) is 4.79 Å². The molecule has 0 radical (unpaired) electrons. The summed E-state index contributed by atoms with van der Waals surface area (Å²) in [5, 5.41) is 3.70. The van der Waals surface area contributed by atoms with Crippen LogP contribution in [0.5, 0.6) is 0 Å². The van der Waals surface area contributed by atoms with E-state index in [2.05, 4.69) is 9.88 Å². The summed E-state index contributed by atoms with van der Waals surface area (Å²) < 4.78 is 2.07. The van der Waals surface area contributed by atoms with Gasteiger partial charge in [-0.05, 0) is 12.1 Å². The number of hydrogen-bond acceptors (Lipinski definition) is 2. The van der Waals surface area contributed by atoms with Crippen LogP contribution in [0, 0.1) is 6.92 Å². The summed E-state index contributed by atoms with van der Waals surface area (Å²) in [7, 11) is 2.00. The Morgan fingerprint density at radius 2 is 2.00 bits per heavy atom. The third kappa shape index (κ3) is 2.54. The second-order valence-electron chi connectivity index (χ2n) is 4.21. The number of amides is 1. The number of nitrogens with one attached hydrogen (secondary N) is 1. The number of aryl methyl sites for hydroxylation is 2. The van der Waals surface area contributed by atoms with E-state index in [9.17, 15) is 4.79 Å². The van der Waals surface area contributed by atoms with Crippen LogP contribution in [0.4, 0.5) is 11.4 Å². The average Bonchev–Trinajstić information content (AvgIpc) is 2.25. The quantitative estimate of drug-likeness (QED) is 0.618. The molecule has 0 aliphatic rings. The van der Waals surface area contributed by atoms with E-state index < -0.39 is 0 Å². The molecule has 3 N–H and O–H groups in total. The largest absolute Gasteiger partial charge is 1.00 e. The number of pyridine rings is 1. The Kier molecular flexibility index (Phi) is 4.14. The van der Waals surface area contributed by atoms with Crippen LogP contribution < -0.4 is 28.0 Å². The van der Waals surface area contributed by atoms with E-state index in [1.165, 1.54) is 6.92 Å². The first-order chi connectivity index (χ1) is 7.99. The second kappa shape index (κ2) is 5.23. The highest BCUT2D eigenvalue weighted by Crippen LogP contribution is 2.22. The highest BCUT2D eigenvalue weighted by Gasteiger charge is 2.12. The maximum absolute atomic E-state index is 11.0. The molecule has 0 unspecified atom stereocenters. The molecule has 0 saturated carbocycles. The van der Waals surface area contributed by atoms with Crippen LogP contribution in [0.15, 0.2) is 24.3 Å². The van der Waals surface area contributed by atoms with E-state index in [0.29, 0.717) is 0 Å². The molecular weight excluding hydrogens is 250 g/mol. The molecule has 1 amide bonds. The zero-order chi connectivity index (χ0) is 12.6. The Balaban J connectivity index is 0.00000162. The zero-order valence-electron chi connectivity index (χ0n) is 10.6. The highest BCUT2D eigenvalue weighted by molar-refractivity contribution is 5.95. The fourth-order valence-corrected chi connectivity index (χ4v) is 1.93. The fraction of sp³-hybridized carbons (Fsp3) is 0.231. The molecule has 1 aromatic heterocycles. The molecule has 18 heavy (non-hydrogen) atoms. The van der Waals surface area contributed by atoms with Gasteiger partial charge < -0.3 is 23.5 Å². The van der Waals surface area contributed by atoms with Crippen molar-refractivity contribution in [2.24, 2.45) is 7.05 Å². The van der Waals surface area contributed by atoms with Crippen LogP contribution in [0.1, 0.15) is 12.6 Å². The summed E-state index contributed by atoms with van der Waals surface area (Å²) >= 11 is 0. The van der Waals surface area contributed by atoms with Crippen molar-refractivity contribution < 1.29 is 21.8 Å². The molecule has 5 heteroatoms. The van der Waals surface area contributed by atoms with Crippen LogP contribution in [0.25, 0.3) is 10.9 Å². The standard InChI is InChI=1S/C13H15N3O.ClH/c1-8-6-12(14)11-7-10(15-9(2)17)4-5-13(11)16(8)3;/h4-7,14H,1-3H3,(H,15,17);1H. The van der Waals surface area contributed by atoms with Gasteiger partial charge >= 0.3 is 0 Å². The minimum absolute atomic E-state index is 0. The summed E-state index contributed by atoms with van der Waals surface area (Å²) in [5.74, 6) is -0.0839. The maximum Gasteiger partial charge on any atom is 0.221 e. The van der Waals surface area contributed by atoms with Gasteiger partial charge in [-0.1, -0.05) is 0 Å². The molecule has 0 saturated heterocycles. The van der Waals surface area contributed by atoms with Crippen molar-refractivity contribution >= 4 is 28.2 Å². The van der Waals surface area contributed by atoms with Gasteiger partial charge in [0.15, 0.2) is 5.69 Å². The van der Waals surface area contributed by atoms with Crippen LogP contribution >= 0.6 is 0 Å². The van der Waals surface area contributed by atoms with Crippen LogP contribution in [-0.2, 0) is 11.8 Å². The normalized spacial score (nSPS) is 9.94. The lowest BCUT2D eigenvalue weighted by molar-refractivity contribution is -0.651. The molecule has 0 fully saturated rings. The van der Waals surface area contributed by atoms with E-state index in [0.717, 1.165) is 28.0 Å². The third-order valence-corrected chi connectivity index (χ3v) is 2.88. The van der Waals surface area contributed by atoms with Crippen molar-refractivity contribution in [2.45, 2.75) is 13.8 Å². The zero-order valence-corrected chi connectivity index (χ0v) is 11.4. The molecular formula is C13H16ClN3O. The number of nitrogens with zero attached hydrogens (tertiary/aromatic N) is 1. The Morgan fingerprint density at radius 3 is 2.61 bits per heavy atom. The van der Waals surface area contributed by atoms with Crippen molar-refractivity contribution in [3.8, 4) is 0 Å². The first kappa shape index (κ1) is 14.3. The fourth-order valence-electron chi connectivity index (χ4n) is 1.93. The van der Waals surface area contributed by atoms with Crippen molar-refractivity contribution in [3.05, 3.63) is 30.0 Å². The summed E-state index contributed by atoms with van der Waals surface area (Å²) in [5.41, 5.74) is 9.64. The first-order valence-electron chi connectivity index (χ1n) is 5.45. The van der Waals surface area contributed by atoms with Gasteiger partial charge in [-0.25, -0.2) is 0 Å². The van der Waals surface area contributed by atoms with Gasteiger partial charge in [-0.15, -0.1) is 0 Å². The molecule has 2 aromatic rings. The van der Waals surface area contributed by atoms with Crippen LogP contribution in [0.3, 0.4) is 0 Å². The van der Waals surface area contributed by atoms with Crippen molar-refractivity contribution in [2.75, 3.05) is 11.1 Å². The molecule has 0 bridgehead atoms. The Morgan fingerprint density at radius 1 is 1.33 bits per heavy atom. The van der Waals surface area contributed by atoms with Gasteiger partial charge in [0.2, 0.25) is 11.4 Å². The number of fused-ring (bicyclic) bond motifs is 1. The average molecular weight is 266 g/mol. The number of benzene rings is 1. The number of nitrogens with two attached hydrogens (primary N) is 1. The van der Waals surface area contributed by atoms with Gasteiger partial charge in [0.1, 0.15) is 7.05 Å². The summed E-state index contributed by atoms with van der Waals surface area (Å²) in [6, 6.07) is 7.66. The lowest BCUT2D eigenvalue weighted by Gasteiger charge is -2.06. The van der Waals surface area contributed by atoms with E-state index in [1.54, 1.807) is 0 Å². The smallest absolute Gasteiger partial charge is 0.221 e. The first-order valence-corrected chi connectivity index (χ1v) is 5.45. The Hall–Kier alpha value is -1.81.